The zero-order chi connectivity index (χ0) is 21.7. The molecule has 4 aromatic rings. The van der Waals surface area contributed by atoms with Crippen LogP contribution in [0.15, 0.2) is 66.7 Å². The van der Waals surface area contributed by atoms with Crippen LogP contribution in [-0.4, -0.2) is 26.7 Å². The average Bonchev–Trinajstić information content (AvgIpc) is 3.03. The van der Waals surface area contributed by atoms with E-state index in [2.05, 4.69) is 4.98 Å². The summed E-state index contributed by atoms with van der Waals surface area (Å²) < 4.78 is 0. The summed E-state index contributed by atoms with van der Waals surface area (Å²) >= 11 is 6.41. The van der Waals surface area contributed by atoms with Crippen LogP contribution >= 0.6 is 11.6 Å². The van der Waals surface area contributed by atoms with Crippen molar-refractivity contribution in [1.82, 2.24) is 14.9 Å². The van der Waals surface area contributed by atoms with Gasteiger partial charge in [-0.1, -0.05) is 41.9 Å². The van der Waals surface area contributed by atoms with Crippen LogP contribution < -0.4 is 0 Å². The zero-order valence-electron chi connectivity index (χ0n) is 17.0. The van der Waals surface area contributed by atoms with Gasteiger partial charge in [-0.2, -0.15) is 0 Å². The molecule has 0 radical (unpaired) electrons. The van der Waals surface area contributed by atoms with Gasteiger partial charge in [-0.05, 0) is 50.2 Å². The smallest absolute Gasteiger partial charge is 0.262 e. The number of carbonyl (C=O) groups excluding carboxylic acids is 2. The molecule has 0 fully saturated rings. The van der Waals surface area contributed by atoms with Gasteiger partial charge in [0.2, 0.25) is 0 Å². The van der Waals surface area contributed by atoms with Gasteiger partial charge in [-0.3, -0.25) is 19.5 Å². The summed E-state index contributed by atoms with van der Waals surface area (Å²) in [4.78, 5) is 36.9. The van der Waals surface area contributed by atoms with Crippen molar-refractivity contribution in [2.45, 2.75) is 19.9 Å². The summed E-state index contributed by atoms with van der Waals surface area (Å²) in [6.07, 6.45) is 0. The average molecular weight is 428 g/mol. The molecule has 5 nitrogen and oxygen atoms in total. The van der Waals surface area contributed by atoms with E-state index in [1.54, 1.807) is 30.3 Å². The maximum absolute atomic E-state index is 13.1. The molecule has 31 heavy (non-hydrogen) atoms. The van der Waals surface area contributed by atoms with E-state index in [9.17, 15) is 9.59 Å². The normalized spacial score (nSPS) is 14.2. The number of amides is 2. The molecule has 0 aliphatic carbocycles. The first-order valence-corrected chi connectivity index (χ1v) is 10.3. The number of fused-ring (bicyclic) bond motifs is 2. The number of benzene rings is 2. The quantitative estimate of drug-likeness (QED) is 0.398. The molecule has 1 atom stereocenters. The first-order chi connectivity index (χ1) is 15.0. The number of hydrogen-bond donors (Lipinski definition) is 0. The second kappa shape index (κ2) is 7.29. The standard InChI is InChI=1S/C25H18ClN3O2/c1-14-7-5-12-21(27-14)23-19(13-16-8-6-11-20(26)22(16)28-23)15(2)29-24(30)17-9-3-4-10-18(17)25(29)31/h3-13,15H,1-2H3. The van der Waals surface area contributed by atoms with Gasteiger partial charge < -0.3 is 0 Å². The molecule has 0 N–H and O–H groups in total. The molecular weight excluding hydrogens is 410 g/mol. The fourth-order valence-electron chi connectivity index (χ4n) is 4.08. The highest BCUT2D eigenvalue weighted by Gasteiger charge is 2.39. The molecule has 0 saturated carbocycles. The van der Waals surface area contributed by atoms with Crippen LogP contribution in [0.4, 0.5) is 0 Å². The Kier molecular flexibility index (Phi) is 4.56. The number of imide groups is 1. The van der Waals surface area contributed by atoms with Crippen molar-refractivity contribution in [2.24, 2.45) is 0 Å². The number of nitrogens with zero attached hydrogens (tertiary/aromatic N) is 3. The van der Waals surface area contributed by atoms with Gasteiger partial charge in [0.05, 0.1) is 39.1 Å². The van der Waals surface area contributed by atoms with Crippen molar-refractivity contribution >= 4 is 34.3 Å². The van der Waals surface area contributed by atoms with Crippen LogP contribution in [0.25, 0.3) is 22.3 Å². The van der Waals surface area contributed by atoms with E-state index in [-0.39, 0.29) is 11.8 Å². The van der Waals surface area contributed by atoms with Gasteiger partial charge in [0.15, 0.2) is 0 Å². The third kappa shape index (κ3) is 3.09. The summed E-state index contributed by atoms with van der Waals surface area (Å²) in [6.45, 7) is 3.75. The van der Waals surface area contributed by atoms with Gasteiger partial charge in [-0.15, -0.1) is 0 Å². The van der Waals surface area contributed by atoms with E-state index in [0.29, 0.717) is 33.1 Å². The predicted octanol–water partition coefficient (Wildman–Crippen LogP) is 5.62. The van der Waals surface area contributed by atoms with Crippen molar-refractivity contribution in [3.05, 3.63) is 94.1 Å². The van der Waals surface area contributed by atoms with Gasteiger partial charge >= 0.3 is 0 Å². The molecule has 1 aliphatic heterocycles. The van der Waals surface area contributed by atoms with Crippen molar-refractivity contribution in [3.63, 3.8) is 0 Å². The van der Waals surface area contributed by atoms with E-state index in [0.717, 1.165) is 16.6 Å². The van der Waals surface area contributed by atoms with Crippen LogP contribution in [0.1, 0.15) is 44.9 Å². The van der Waals surface area contributed by atoms with Crippen LogP contribution in [-0.2, 0) is 0 Å². The van der Waals surface area contributed by atoms with Crippen molar-refractivity contribution in [3.8, 4) is 11.4 Å². The second-order valence-corrected chi connectivity index (χ2v) is 8.01. The Morgan fingerprint density at radius 1 is 0.871 bits per heavy atom. The molecule has 152 valence electrons. The fourth-order valence-corrected chi connectivity index (χ4v) is 4.30. The highest BCUT2D eigenvalue weighted by Crippen LogP contribution is 2.37. The Labute approximate surface area is 184 Å². The Morgan fingerprint density at radius 3 is 2.23 bits per heavy atom. The lowest BCUT2D eigenvalue weighted by Gasteiger charge is -2.25. The van der Waals surface area contributed by atoms with E-state index < -0.39 is 6.04 Å². The summed E-state index contributed by atoms with van der Waals surface area (Å²) in [5, 5.41) is 1.37. The van der Waals surface area contributed by atoms with E-state index in [1.807, 2.05) is 50.2 Å². The van der Waals surface area contributed by atoms with E-state index in [4.69, 9.17) is 16.6 Å². The van der Waals surface area contributed by atoms with Crippen LogP contribution in [0.5, 0.6) is 0 Å². The molecule has 2 aromatic heterocycles. The third-order valence-electron chi connectivity index (χ3n) is 5.62. The van der Waals surface area contributed by atoms with Gasteiger partial charge in [0.25, 0.3) is 11.8 Å². The Bertz CT molecular complexity index is 1350. The molecular formula is C25H18ClN3O2. The molecule has 6 heteroatoms. The first-order valence-electron chi connectivity index (χ1n) is 9.96. The van der Waals surface area contributed by atoms with Crippen LogP contribution in [0, 0.1) is 6.92 Å². The largest absolute Gasteiger partial charge is 0.269 e. The summed E-state index contributed by atoms with van der Waals surface area (Å²) in [5.41, 5.74) is 4.35. The molecule has 5 rings (SSSR count). The number of carbonyl (C=O) groups is 2. The summed E-state index contributed by atoms with van der Waals surface area (Å²) in [7, 11) is 0. The molecule has 3 heterocycles. The highest BCUT2D eigenvalue weighted by atomic mass is 35.5. The molecule has 1 aliphatic rings. The third-order valence-corrected chi connectivity index (χ3v) is 5.92. The first kappa shape index (κ1) is 19.4. The lowest BCUT2D eigenvalue weighted by atomic mass is 9.99. The topological polar surface area (TPSA) is 63.2 Å². The maximum Gasteiger partial charge on any atom is 0.262 e. The number of para-hydroxylation sites is 1. The molecule has 0 spiro atoms. The molecule has 2 aromatic carbocycles. The highest BCUT2D eigenvalue weighted by molar-refractivity contribution is 6.35. The van der Waals surface area contributed by atoms with Gasteiger partial charge in [0, 0.05) is 16.6 Å². The van der Waals surface area contributed by atoms with E-state index in [1.165, 1.54) is 4.90 Å². The molecule has 0 bridgehead atoms. The number of aromatic nitrogens is 2. The molecule has 2 amide bonds. The van der Waals surface area contributed by atoms with Crippen LogP contribution in [0.3, 0.4) is 0 Å². The minimum Gasteiger partial charge on any atom is -0.269 e. The summed E-state index contributed by atoms with van der Waals surface area (Å²) in [6, 6.07) is 19.6. The zero-order valence-corrected chi connectivity index (χ0v) is 17.7. The van der Waals surface area contributed by atoms with Crippen molar-refractivity contribution < 1.29 is 9.59 Å². The Balaban J connectivity index is 1.71. The number of aryl methyl sites for hydroxylation is 1. The lowest BCUT2D eigenvalue weighted by molar-refractivity contribution is 0.0595. The Hall–Kier alpha value is -3.57. The van der Waals surface area contributed by atoms with Gasteiger partial charge in [-0.25, -0.2) is 4.98 Å². The fraction of sp³-hybridized carbons (Fsp3) is 0.120. The number of pyridine rings is 2. The minimum absolute atomic E-state index is 0.303. The minimum atomic E-state index is -0.541. The number of rotatable bonds is 3. The van der Waals surface area contributed by atoms with Gasteiger partial charge in [0.1, 0.15) is 0 Å². The number of hydrogen-bond acceptors (Lipinski definition) is 4. The van der Waals surface area contributed by atoms with Crippen molar-refractivity contribution in [1.29, 1.82) is 0 Å². The SMILES string of the molecule is Cc1cccc(-c2nc3c(Cl)cccc3cc2C(C)N2C(=O)c3ccccc3C2=O)n1. The predicted molar refractivity (Wildman–Crippen MR) is 120 cm³/mol. The van der Waals surface area contributed by atoms with Crippen molar-refractivity contribution in [2.75, 3.05) is 0 Å². The number of halogens is 1. The summed E-state index contributed by atoms with van der Waals surface area (Å²) in [5.74, 6) is -0.607. The Morgan fingerprint density at radius 2 is 1.55 bits per heavy atom. The monoisotopic (exact) mass is 427 g/mol. The lowest BCUT2D eigenvalue weighted by Crippen LogP contribution is -2.33. The van der Waals surface area contributed by atoms with Crippen LogP contribution in [0.2, 0.25) is 5.02 Å². The van der Waals surface area contributed by atoms with E-state index >= 15 is 0 Å². The second-order valence-electron chi connectivity index (χ2n) is 7.60. The maximum atomic E-state index is 13.1. The molecule has 1 unspecified atom stereocenters. The molecule has 0 saturated heterocycles.